The molecule has 1 aliphatic rings. The number of hydrazine groups is 1. The van der Waals surface area contributed by atoms with Crippen molar-refractivity contribution in [3.05, 3.63) is 30.6 Å². The lowest BCUT2D eigenvalue weighted by atomic mass is 9.91. The predicted octanol–water partition coefficient (Wildman–Crippen LogP) is 1.69. The predicted molar refractivity (Wildman–Crippen MR) is 88.4 cm³/mol. The molecule has 2 heterocycles. The first-order chi connectivity index (χ1) is 11.1. The van der Waals surface area contributed by atoms with Crippen LogP contribution in [0.4, 0.5) is 5.69 Å². The van der Waals surface area contributed by atoms with Gasteiger partial charge in [-0.05, 0) is 38.3 Å². The molecule has 7 heteroatoms. The lowest BCUT2D eigenvalue weighted by Gasteiger charge is -2.17. The Morgan fingerprint density at radius 1 is 1.26 bits per heavy atom. The topological polar surface area (TPSA) is 94.7 Å². The van der Waals surface area contributed by atoms with Crippen LogP contribution >= 0.6 is 0 Å². The van der Waals surface area contributed by atoms with Crippen LogP contribution in [0.15, 0.2) is 30.6 Å². The molecule has 1 saturated heterocycles. The fourth-order valence-electron chi connectivity index (χ4n) is 3.02. The van der Waals surface area contributed by atoms with Gasteiger partial charge in [-0.1, -0.05) is 12.1 Å². The Hall–Kier alpha value is -2.25. The number of nitrogens with zero attached hydrogens (tertiary/aromatic N) is 2. The molecule has 1 aliphatic heterocycles. The summed E-state index contributed by atoms with van der Waals surface area (Å²) in [5, 5.41) is 9.62. The molecule has 3 rings (SSSR count). The highest BCUT2D eigenvalue weighted by atomic mass is 16.1. The minimum atomic E-state index is 0.0334. The molecule has 0 saturated carbocycles. The number of hydrogen-bond donors (Lipinski definition) is 4. The van der Waals surface area contributed by atoms with Gasteiger partial charge < -0.3 is 5.32 Å². The van der Waals surface area contributed by atoms with Crippen LogP contribution in [0.25, 0.3) is 11.4 Å². The number of aromatic amines is 1. The summed E-state index contributed by atoms with van der Waals surface area (Å²) in [6, 6.07) is 8.35. The van der Waals surface area contributed by atoms with Gasteiger partial charge in [-0.25, -0.2) is 4.98 Å². The van der Waals surface area contributed by atoms with Crippen molar-refractivity contribution in [1.29, 1.82) is 0 Å². The average molecular weight is 314 g/mol. The Morgan fingerprint density at radius 2 is 2.04 bits per heavy atom. The normalized spacial score (nSPS) is 23.8. The van der Waals surface area contributed by atoms with E-state index in [1.54, 1.807) is 0 Å². The fraction of sp³-hybridized carbons (Fsp3) is 0.438. The summed E-state index contributed by atoms with van der Waals surface area (Å²) < 4.78 is 0. The van der Waals surface area contributed by atoms with E-state index in [0.29, 0.717) is 30.2 Å². The van der Waals surface area contributed by atoms with Gasteiger partial charge in [0.2, 0.25) is 5.91 Å². The molecule has 1 fully saturated rings. The van der Waals surface area contributed by atoms with Crippen molar-refractivity contribution in [2.24, 2.45) is 5.92 Å². The van der Waals surface area contributed by atoms with Crippen LogP contribution in [-0.2, 0) is 4.79 Å². The Morgan fingerprint density at radius 3 is 2.74 bits per heavy atom. The van der Waals surface area contributed by atoms with Crippen molar-refractivity contribution in [3.8, 4) is 11.4 Å². The Labute approximate surface area is 135 Å². The molecule has 0 spiro atoms. The maximum Gasteiger partial charge on any atom is 0.224 e. The molecule has 2 unspecified atom stereocenters. The van der Waals surface area contributed by atoms with Crippen molar-refractivity contribution in [3.63, 3.8) is 0 Å². The van der Waals surface area contributed by atoms with Crippen LogP contribution in [0.1, 0.15) is 26.7 Å². The number of nitrogens with one attached hydrogen (secondary N) is 4. The summed E-state index contributed by atoms with van der Waals surface area (Å²) in [7, 11) is 0. The minimum Gasteiger partial charge on any atom is -0.326 e. The molecule has 0 bridgehead atoms. The highest BCUT2D eigenvalue weighted by Gasteiger charge is 2.29. The highest BCUT2D eigenvalue weighted by Crippen LogP contribution is 2.22. The van der Waals surface area contributed by atoms with Gasteiger partial charge in [0.05, 0.1) is 0 Å². The van der Waals surface area contributed by atoms with Crippen LogP contribution in [0, 0.1) is 5.92 Å². The monoisotopic (exact) mass is 314 g/mol. The summed E-state index contributed by atoms with van der Waals surface area (Å²) in [6.45, 7) is 4.28. The quantitative estimate of drug-likeness (QED) is 0.674. The molecule has 4 N–H and O–H groups in total. The fourth-order valence-corrected chi connectivity index (χ4v) is 3.02. The second-order valence-corrected chi connectivity index (χ2v) is 6.03. The van der Waals surface area contributed by atoms with Gasteiger partial charge in [-0.3, -0.25) is 20.7 Å². The second kappa shape index (κ2) is 6.89. The minimum absolute atomic E-state index is 0.0334. The number of hydrogen-bond acceptors (Lipinski definition) is 5. The van der Waals surface area contributed by atoms with E-state index >= 15 is 0 Å². The Kier molecular flexibility index (Phi) is 4.68. The van der Waals surface area contributed by atoms with Crippen molar-refractivity contribution < 1.29 is 4.79 Å². The van der Waals surface area contributed by atoms with Gasteiger partial charge >= 0.3 is 0 Å². The van der Waals surface area contributed by atoms with Crippen molar-refractivity contribution in [1.82, 2.24) is 26.0 Å². The standard InChI is InChI=1S/C16H22N6O/c1-10-14(11(2)21-20-10)6-7-15(23)19-13-5-3-4-12(8-13)16-17-9-18-22-16/h3-5,8-11,14,20-21H,6-7H2,1-2H3,(H,19,23)(H,17,18,22). The van der Waals surface area contributed by atoms with E-state index in [-0.39, 0.29) is 5.91 Å². The lowest BCUT2D eigenvalue weighted by Crippen LogP contribution is -2.30. The molecule has 122 valence electrons. The van der Waals surface area contributed by atoms with Crippen LogP contribution in [0.5, 0.6) is 0 Å². The average Bonchev–Trinajstić information content (AvgIpc) is 3.17. The summed E-state index contributed by atoms with van der Waals surface area (Å²) in [4.78, 5) is 16.3. The van der Waals surface area contributed by atoms with Gasteiger partial charge in [-0.15, -0.1) is 0 Å². The SMILES string of the molecule is CC1NNC(C)C1CCC(=O)Nc1cccc(-c2ncn[nH]2)c1. The van der Waals surface area contributed by atoms with Gasteiger partial charge in [0.1, 0.15) is 6.33 Å². The van der Waals surface area contributed by atoms with Crippen LogP contribution in [0.2, 0.25) is 0 Å². The van der Waals surface area contributed by atoms with Crippen molar-refractivity contribution in [2.45, 2.75) is 38.8 Å². The molecule has 1 aromatic heterocycles. The number of carbonyl (C=O) groups excluding carboxylic acids is 1. The third-order valence-electron chi connectivity index (χ3n) is 4.36. The zero-order valence-corrected chi connectivity index (χ0v) is 13.3. The van der Waals surface area contributed by atoms with E-state index < -0.39 is 0 Å². The zero-order valence-electron chi connectivity index (χ0n) is 13.3. The first-order valence-electron chi connectivity index (χ1n) is 7.90. The van der Waals surface area contributed by atoms with Gasteiger partial charge in [0, 0.05) is 29.8 Å². The molecule has 2 atom stereocenters. The number of amides is 1. The van der Waals surface area contributed by atoms with Crippen LogP contribution in [0.3, 0.4) is 0 Å². The third kappa shape index (κ3) is 3.75. The third-order valence-corrected chi connectivity index (χ3v) is 4.36. The van der Waals surface area contributed by atoms with E-state index in [0.717, 1.165) is 17.7 Å². The van der Waals surface area contributed by atoms with Crippen LogP contribution in [-0.4, -0.2) is 33.2 Å². The van der Waals surface area contributed by atoms with Crippen LogP contribution < -0.4 is 16.2 Å². The largest absolute Gasteiger partial charge is 0.326 e. The summed E-state index contributed by atoms with van der Waals surface area (Å²) in [5.74, 6) is 1.18. The molecule has 1 aromatic carbocycles. The Bertz CT molecular complexity index is 646. The molecular formula is C16H22N6O. The molecule has 7 nitrogen and oxygen atoms in total. The number of H-pyrrole nitrogens is 1. The van der Waals surface area contributed by atoms with Crippen molar-refractivity contribution >= 4 is 11.6 Å². The number of anilines is 1. The molecule has 2 aromatic rings. The first-order valence-corrected chi connectivity index (χ1v) is 7.90. The van der Waals surface area contributed by atoms with Gasteiger partial charge in [-0.2, -0.15) is 5.10 Å². The lowest BCUT2D eigenvalue weighted by molar-refractivity contribution is -0.116. The van der Waals surface area contributed by atoms with E-state index in [4.69, 9.17) is 0 Å². The summed E-state index contributed by atoms with van der Waals surface area (Å²) >= 11 is 0. The Balaban J connectivity index is 1.57. The molecule has 23 heavy (non-hydrogen) atoms. The summed E-state index contributed by atoms with van der Waals surface area (Å²) in [5.41, 5.74) is 8.10. The molecule has 1 amide bonds. The smallest absolute Gasteiger partial charge is 0.224 e. The summed E-state index contributed by atoms with van der Waals surface area (Å²) in [6.07, 6.45) is 2.83. The van der Waals surface area contributed by atoms with Gasteiger partial charge in [0.15, 0.2) is 5.82 Å². The number of aromatic nitrogens is 3. The molecule has 0 radical (unpaired) electrons. The molecule has 0 aliphatic carbocycles. The maximum atomic E-state index is 12.2. The number of carbonyl (C=O) groups is 1. The second-order valence-electron chi connectivity index (χ2n) is 6.03. The highest BCUT2D eigenvalue weighted by molar-refractivity contribution is 5.91. The van der Waals surface area contributed by atoms with E-state index in [9.17, 15) is 4.79 Å². The van der Waals surface area contributed by atoms with E-state index in [2.05, 4.69) is 45.2 Å². The maximum absolute atomic E-state index is 12.2. The van der Waals surface area contributed by atoms with Gasteiger partial charge in [0.25, 0.3) is 0 Å². The van der Waals surface area contributed by atoms with E-state index in [1.807, 2.05) is 24.3 Å². The molecular weight excluding hydrogens is 292 g/mol. The number of benzene rings is 1. The first kappa shape index (κ1) is 15.6. The number of rotatable bonds is 5. The zero-order chi connectivity index (χ0) is 16.2. The van der Waals surface area contributed by atoms with E-state index in [1.165, 1.54) is 6.33 Å². The van der Waals surface area contributed by atoms with Crippen molar-refractivity contribution in [2.75, 3.05) is 5.32 Å².